The maximum atomic E-state index is 13.0. The highest BCUT2D eigenvalue weighted by Gasteiger charge is 2.25. The number of likely N-dealkylation sites (tertiary alicyclic amines) is 1. The van der Waals surface area contributed by atoms with Crippen LogP contribution in [0.25, 0.3) is 0 Å². The summed E-state index contributed by atoms with van der Waals surface area (Å²) in [5.41, 5.74) is 0.427. The topological polar surface area (TPSA) is 69.6 Å². The summed E-state index contributed by atoms with van der Waals surface area (Å²) in [6, 6.07) is 5.73. The Morgan fingerprint density at radius 1 is 1.45 bits per heavy atom. The van der Waals surface area contributed by atoms with E-state index in [4.69, 9.17) is 5.11 Å². The predicted molar refractivity (Wildman–Crippen MR) is 71.8 cm³/mol. The van der Waals surface area contributed by atoms with Crippen molar-refractivity contribution in [1.29, 1.82) is 0 Å². The molecule has 1 heterocycles. The Morgan fingerprint density at radius 2 is 2.25 bits per heavy atom. The van der Waals surface area contributed by atoms with Gasteiger partial charge in [0, 0.05) is 18.7 Å². The van der Waals surface area contributed by atoms with Gasteiger partial charge in [0.2, 0.25) is 5.91 Å². The third kappa shape index (κ3) is 4.31. The molecule has 1 amide bonds. The number of nitrogens with zero attached hydrogens (tertiary/aromatic N) is 1. The number of carbonyl (C=O) groups excluding carboxylic acids is 1. The number of amides is 1. The van der Waals surface area contributed by atoms with Crippen LogP contribution in [0, 0.1) is 11.7 Å². The molecule has 108 valence electrons. The zero-order chi connectivity index (χ0) is 14.5. The molecule has 0 saturated carbocycles. The Bertz CT molecular complexity index is 507. The molecule has 1 aliphatic rings. The van der Waals surface area contributed by atoms with E-state index in [1.54, 1.807) is 6.07 Å². The second kappa shape index (κ2) is 6.47. The van der Waals surface area contributed by atoms with Crippen LogP contribution in [-0.2, 0) is 9.59 Å². The number of rotatable bonds is 5. The van der Waals surface area contributed by atoms with E-state index in [0.717, 1.165) is 6.42 Å². The number of halogens is 1. The van der Waals surface area contributed by atoms with Gasteiger partial charge in [0.1, 0.15) is 5.82 Å². The lowest BCUT2D eigenvalue weighted by molar-refractivity contribution is -0.138. The molecule has 1 aromatic rings. The van der Waals surface area contributed by atoms with Gasteiger partial charge in [0.25, 0.3) is 0 Å². The number of aliphatic carboxylic acids is 1. The highest BCUT2D eigenvalue weighted by molar-refractivity contribution is 5.92. The first-order valence-corrected chi connectivity index (χ1v) is 6.52. The van der Waals surface area contributed by atoms with Gasteiger partial charge in [-0.15, -0.1) is 0 Å². The minimum absolute atomic E-state index is 0.106. The van der Waals surface area contributed by atoms with Crippen molar-refractivity contribution in [2.45, 2.75) is 12.8 Å². The Balaban J connectivity index is 1.79. The van der Waals surface area contributed by atoms with Crippen molar-refractivity contribution in [2.24, 2.45) is 5.92 Å². The number of anilines is 1. The number of benzene rings is 1. The van der Waals surface area contributed by atoms with Crippen LogP contribution >= 0.6 is 0 Å². The van der Waals surface area contributed by atoms with E-state index in [9.17, 15) is 14.0 Å². The van der Waals surface area contributed by atoms with Crippen LogP contribution in [0.1, 0.15) is 12.8 Å². The average Bonchev–Trinajstić information content (AvgIpc) is 2.75. The quantitative estimate of drug-likeness (QED) is 0.858. The van der Waals surface area contributed by atoms with Gasteiger partial charge in [-0.2, -0.15) is 0 Å². The number of carbonyl (C=O) groups is 2. The molecule has 1 atom stereocenters. The van der Waals surface area contributed by atoms with E-state index in [0.29, 0.717) is 18.8 Å². The van der Waals surface area contributed by atoms with Gasteiger partial charge in [-0.1, -0.05) is 6.07 Å². The van der Waals surface area contributed by atoms with Crippen molar-refractivity contribution in [1.82, 2.24) is 4.90 Å². The van der Waals surface area contributed by atoms with E-state index >= 15 is 0 Å². The minimum Gasteiger partial charge on any atom is -0.481 e. The molecular weight excluding hydrogens is 263 g/mol. The standard InChI is InChI=1S/C14H17FN2O3/c15-11-2-1-3-12(7-11)16-13(18)9-17-5-4-10(8-17)6-14(19)20/h1-3,7,10H,4-6,8-9H2,(H,16,18)(H,19,20). The molecule has 1 unspecified atom stereocenters. The van der Waals surface area contributed by atoms with Crippen LogP contribution in [0.4, 0.5) is 10.1 Å². The SMILES string of the molecule is O=C(O)CC1CCN(CC(=O)Nc2cccc(F)c2)C1. The van der Waals surface area contributed by atoms with Crippen LogP contribution in [-0.4, -0.2) is 41.5 Å². The number of carboxylic acids is 1. The zero-order valence-electron chi connectivity index (χ0n) is 11.0. The third-order valence-corrected chi connectivity index (χ3v) is 3.31. The Morgan fingerprint density at radius 3 is 2.95 bits per heavy atom. The van der Waals surface area contributed by atoms with Crippen LogP contribution in [0.2, 0.25) is 0 Å². The summed E-state index contributed by atoms with van der Waals surface area (Å²) in [6.07, 6.45) is 0.932. The van der Waals surface area contributed by atoms with Gasteiger partial charge in [-0.05, 0) is 37.1 Å². The maximum Gasteiger partial charge on any atom is 0.303 e. The molecule has 0 bridgehead atoms. The molecular formula is C14H17FN2O3. The highest BCUT2D eigenvalue weighted by Crippen LogP contribution is 2.19. The number of carboxylic acid groups (broad SMARTS) is 1. The normalized spacial score (nSPS) is 18.9. The van der Waals surface area contributed by atoms with Gasteiger partial charge in [-0.3, -0.25) is 14.5 Å². The van der Waals surface area contributed by atoms with Crippen molar-refractivity contribution >= 4 is 17.6 Å². The molecule has 6 heteroatoms. The molecule has 1 fully saturated rings. The first kappa shape index (κ1) is 14.5. The number of hydrogen-bond donors (Lipinski definition) is 2. The third-order valence-electron chi connectivity index (χ3n) is 3.31. The Labute approximate surface area is 116 Å². The summed E-state index contributed by atoms with van der Waals surface area (Å²) in [6.45, 7) is 1.53. The summed E-state index contributed by atoms with van der Waals surface area (Å²) in [4.78, 5) is 24.4. The van der Waals surface area contributed by atoms with E-state index in [2.05, 4.69) is 5.32 Å². The molecule has 0 radical (unpaired) electrons. The summed E-state index contributed by atoms with van der Waals surface area (Å²) in [7, 11) is 0. The summed E-state index contributed by atoms with van der Waals surface area (Å²) >= 11 is 0. The van der Waals surface area contributed by atoms with Crippen LogP contribution < -0.4 is 5.32 Å². The molecule has 20 heavy (non-hydrogen) atoms. The Kier molecular flexibility index (Phi) is 4.68. The van der Waals surface area contributed by atoms with Crippen molar-refractivity contribution < 1.29 is 19.1 Å². The van der Waals surface area contributed by atoms with Crippen molar-refractivity contribution in [3.05, 3.63) is 30.1 Å². The first-order valence-electron chi connectivity index (χ1n) is 6.52. The fourth-order valence-corrected chi connectivity index (χ4v) is 2.44. The lowest BCUT2D eigenvalue weighted by Crippen LogP contribution is -2.31. The molecule has 1 aliphatic heterocycles. The van der Waals surface area contributed by atoms with Crippen LogP contribution in [0.15, 0.2) is 24.3 Å². The summed E-state index contributed by atoms with van der Waals surface area (Å²) < 4.78 is 13.0. The molecule has 2 N–H and O–H groups in total. The second-order valence-corrected chi connectivity index (χ2v) is 5.05. The second-order valence-electron chi connectivity index (χ2n) is 5.05. The molecule has 0 spiro atoms. The van der Waals surface area contributed by atoms with Gasteiger partial charge in [0.05, 0.1) is 6.54 Å². The monoisotopic (exact) mass is 280 g/mol. The van der Waals surface area contributed by atoms with Crippen LogP contribution in [0.5, 0.6) is 0 Å². The highest BCUT2D eigenvalue weighted by atomic mass is 19.1. The molecule has 2 rings (SSSR count). The van der Waals surface area contributed by atoms with E-state index < -0.39 is 11.8 Å². The largest absolute Gasteiger partial charge is 0.481 e. The lowest BCUT2D eigenvalue weighted by Gasteiger charge is -2.15. The molecule has 1 saturated heterocycles. The van der Waals surface area contributed by atoms with Gasteiger partial charge in [-0.25, -0.2) is 4.39 Å². The van der Waals surface area contributed by atoms with Gasteiger partial charge < -0.3 is 10.4 Å². The summed E-state index contributed by atoms with van der Waals surface area (Å²) in [5.74, 6) is -1.31. The molecule has 1 aromatic carbocycles. The van der Waals surface area contributed by atoms with E-state index in [1.165, 1.54) is 18.2 Å². The van der Waals surface area contributed by atoms with Crippen molar-refractivity contribution in [3.63, 3.8) is 0 Å². The van der Waals surface area contributed by atoms with Crippen molar-refractivity contribution in [3.8, 4) is 0 Å². The fraction of sp³-hybridized carbons (Fsp3) is 0.429. The molecule has 0 aromatic heterocycles. The number of hydrogen-bond acceptors (Lipinski definition) is 3. The van der Waals surface area contributed by atoms with Gasteiger partial charge >= 0.3 is 5.97 Å². The van der Waals surface area contributed by atoms with E-state index in [-0.39, 0.29) is 24.8 Å². The fourth-order valence-electron chi connectivity index (χ4n) is 2.44. The predicted octanol–water partition coefficient (Wildman–Crippen LogP) is 1.56. The molecule has 5 nitrogen and oxygen atoms in total. The Hall–Kier alpha value is -1.95. The lowest BCUT2D eigenvalue weighted by atomic mass is 10.1. The average molecular weight is 280 g/mol. The van der Waals surface area contributed by atoms with E-state index in [1.807, 2.05) is 4.90 Å². The smallest absolute Gasteiger partial charge is 0.303 e. The van der Waals surface area contributed by atoms with Crippen LogP contribution in [0.3, 0.4) is 0 Å². The molecule has 0 aliphatic carbocycles. The van der Waals surface area contributed by atoms with Gasteiger partial charge in [0.15, 0.2) is 0 Å². The maximum absolute atomic E-state index is 13.0. The zero-order valence-corrected chi connectivity index (χ0v) is 11.0. The summed E-state index contributed by atoms with van der Waals surface area (Å²) in [5, 5.41) is 11.4. The minimum atomic E-state index is -0.805. The van der Waals surface area contributed by atoms with Crippen molar-refractivity contribution in [2.75, 3.05) is 25.0 Å². The number of nitrogens with one attached hydrogen (secondary N) is 1. The first-order chi connectivity index (χ1) is 9.52.